The number of nitrogens with two attached hydrogens (primary N) is 1. The van der Waals surface area contributed by atoms with Crippen LogP contribution in [0.15, 0.2) is 0 Å². The van der Waals surface area contributed by atoms with Gasteiger partial charge in [0.25, 0.3) is 0 Å². The minimum absolute atomic E-state index is 0.234. The van der Waals surface area contributed by atoms with Gasteiger partial charge < -0.3 is 16.0 Å². The smallest absolute Gasteiger partial charge is 0.315 e. The molecule has 2 fully saturated rings. The molecule has 116 valence electrons. The number of likely N-dealkylation sites (tertiary alicyclic amines) is 1. The number of carbonyl (C=O) groups excluding carboxylic acids is 1. The molecule has 2 rings (SSSR count). The Bertz CT molecular complexity index is 302. The predicted octanol–water partition coefficient (Wildman–Crippen LogP) is 2.87. The lowest BCUT2D eigenvalue weighted by Gasteiger charge is -2.37. The van der Waals surface area contributed by atoms with Crippen LogP contribution in [-0.2, 0) is 0 Å². The maximum Gasteiger partial charge on any atom is 0.315 e. The average molecular weight is 281 g/mol. The first-order valence-electron chi connectivity index (χ1n) is 8.44. The van der Waals surface area contributed by atoms with Gasteiger partial charge in [-0.1, -0.05) is 32.1 Å². The van der Waals surface area contributed by atoms with E-state index >= 15 is 0 Å². The summed E-state index contributed by atoms with van der Waals surface area (Å²) in [5, 5.41) is 3.48. The average Bonchev–Trinajstić information content (AvgIpc) is 2.48. The van der Waals surface area contributed by atoms with Crippen LogP contribution in [0.4, 0.5) is 4.79 Å². The highest BCUT2D eigenvalue weighted by atomic mass is 16.2. The Hall–Kier alpha value is -0.770. The zero-order chi connectivity index (χ0) is 14.4. The molecule has 1 aliphatic heterocycles. The molecule has 1 unspecified atom stereocenters. The first-order chi connectivity index (χ1) is 9.70. The number of hydrogen-bond donors (Lipinski definition) is 2. The number of carbonyl (C=O) groups is 1. The summed E-state index contributed by atoms with van der Waals surface area (Å²) >= 11 is 0. The first-order valence-corrected chi connectivity index (χ1v) is 8.44. The molecular formula is C16H31N3O. The summed E-state index contributed by atoms with van der Waals surface area (Å²) in [6.45, 7) is 0.847. The highest BCUT2D eigenvalue weighted by Crippen LogP contribution is 2.29. The fourth-order valence-electron chi connectivity index (χ4n) is 4.02. The van der Waals surface area contributed by atoms with Crippen LogP contribution in [0.3, 0.4) is 0 Å². The third-order valence-electron chi connectivity index (χ3n) is 5.22. The Labute approximate surface area is 123 Å². The number of nitrogens with zero attached hydrogens (tertiary/aromatic N) is 1. The molecule has 20 heavy (non-hydrogen) atoms. The van der Waals surface area contributed by atoms with Crippen molar-refractivity contribution in [3.8, 4) is 0 Å². The summed E-state index contributed by atoms with van der Waals surface area (Å²) in [4.78, 5) is 13.4. The molecule has 3 N–H and O–H groups in total. The van der Waals surface area contributed by atoms with Crippen molar-refractivity contribution in [1.82, 2.24) is 10.2 Å². The molecule has 0 bridgehead atoms. The molecule has 0 aromatic heterocycles. The third kappa shape index (κ3) is 4.37. The van der Waals surface area contributed by atoms with Crippen LogP contribution in [0.25, 0.3) is 0 Å². The van der Waals surface area contributed by atoms with E-state index in [1.54, 1.807) is 0 Å². The topological polar surface area (TPSA) is 58.4 Å². The summed E-state index contributed by atoms with van der Waals surface area (Å²) in [5.41, 5.74) is 5.53. The van der Waals surface area contributed by atoms with Crippen molar-refractivity contribution in [3.63, 3.8) is 0 Å². The van der Waals surface area contributed by atoms with Crippen molar-refractivity contribution in [2.75, 3.05) is 13.6 Å². The number of nitrogens with one attached hydrogen (secondary N) is 1. The maximum atomic E-state index is 11.6. The van der Waals surface area contributed by atoms with E-state index in [9.17, 15) is 4.79 Å². The van der Waals surface area contributed by atoms with Gasteiger partial charge in [0.2, 0.25) is 0 Å². The molecule has 0 aromatic carbocycles. The number of hydrogen-bond acceptors (Lipinski definition) is 2. The molecule has 1 aliphatic carbocycles. The van der Waals surface area contributed by atoms with Gasteiger partial charge in [0, 0.05) is 18.6 Å². The van der Waals surface area contributed by atoms with Crippen molar-refractivity contribution >= 4 is 6.03 Å². The van der Waals surface area contributed by atoms with Crippen molar-refractivity contribution in [1.29, 1.82) is 0 Å². The quantitative estimate of drug-likeness (QED) is 0.814. The monoisotopic (exact) mass is 281 g/mol. The highest BCUT2D eigenvalue weighted by molar-refractivity contribution is 5.72. The maximum absolute atomic E-state index is 11.6. The largest absolute Gasteiger partial charge is 0.351 e. The Kier molecular flexibility index (Phi) is 6.14. The number of amides is 2. The normalized spacial score (nSPS) is 26.4. The van der Waals surface area contributed by atoms with Crippen molar-refractivity contribution < 1.29 is 4.79 Å². The van der Waals surface area contributed by atoms with Gasteiger partial charge in [0.1, 0.15) is 0 Å². The zero-order valence-electron chi connectivity index (χ0n) is 12.9. The number of primary amides is 1. The lowest BCUT2D eigenvalue weighted by molar-refractivity contribution is 0.143. The van der Waals surface area contributed by atoms with Crippen LogP contribution in [0.2, 0.25) is 0 Å². The summed E-state index contributed by atoms with van der Waals surface area (Å²) in [6, 6.07) is 0.646. The number of piperidine rings is 1. The molecule has 4 heteroatoms. The minimum atomic E-state index is -0.234. The number of rotatable bonds is 5. The van der Waals surface area contributed by atoms with E-state index in [4.69, 9.17) is 5.73 Å². The van der Waals surface area contributed by atoms with Crippen LogP contribution in [0.5, 0.6) is 0 Å². The second kappa shape index (κ2) is 7.87. The first kappa shape index (κ1) is 15.6. The molecule has 0 aromatic rings. The molecule has 2 amide bonds. The second-order valence-electron chi connectivity index (χ2n) is 6.64. The van der Waals surface area contributed by atoms with E-state index in [-0.39, 0.29) is 6.03 Å². The lowest BCUT2D eigenvalue weighted by Crippen LogP contribution is -2.49. The van der Waals surface area contributed by atoms with Gasteiger partial charge >= 0.3 is 6.03 Å². The van der Waals surface area contributed by atoms with E-state index in [0.29, 0.717) is 12.1 Å². The molecule has 0 radical (unpaired) electrons. The summed E-state index contributed by atoms with van der Waals surface area (Å²) in [7, 11) is 2.06. The van der Waals surface area contributed by atoms with E-state index in [1.165, 1.54) is 44.9 Å². The van der Waals surface area contributed by atoms with Crippen LogP contribution in [-0.4, -0.2) is 36.6 Å². The van der Waals surface area contributed by atoms with E-state index in [0.717, 1.165) is 31.7 Å². The Morgan fingerprint density at radius 2 is 1.85 bits per heavy atom. The Balaban J connectivity index is 1.85. The summed E-state index contributed by atoms with van der Waals surface area (Å²) < 4.78 is 0. The van der Waals surface area contributed by atoms with Gasteiger partial charge in [-0.2, -0.15) is 0 Å². The van der Waals surface area contributed by atoms with Gasteiger partial charge in [-0.3, -0.25) is 0 Å². The number of urea groups is 1. The second-order valence-corrected chi connectivity index (χ2v) is 6.64. The fraction of sp³-hybridized carbons (Fsp3) is 0.938. The lowest BCUT2D eigenvalue weighted by atomic mass is 9.83. The fourth-order valence-corrected chi connectivity index (χ4v) is 4.02. The zero-order valence-corrected chi connectivity index (χ0v) is 12.9. The van der Waals surface area contributed by atoms with Crippen LogP contribution in [0, 0.1) is 5.92 Å². The predicted molar refractivity (Wildman–Crippen MR) is 82.6 cm³/mol. The standard InChI is InChI=1S/C16H31N3O/c1-18-14(11-13-7-3-2-4-8-13)12-15-9-5-6-10-19(15)16(17)20/h13-15,18H,2-12H2,1H3,(H2,17,20)/t14-,15?/m0/s1. The van der Waals surface area contributed by atoms with Gasteiger partial charge in [-0.05, 0) is 45.1 Å². The summed E-state index contributed by atoms with van der Waals surface area (Å²) in [5.74, 6) is 0.881. The molecule has 2 atom stereocenters. The van der Waals surface area contributed by atoms with E-state index in [2.05, 4.69) is 12.4 Å². The van der Waals surface area contributed by atoms with Gasteiger partial charge in [-0.15, -0.1) is 0 Å². The SMILES string of the molecule is CN[C@@H](CC1CCCCC1)CC1CCCCN1C(N)=O. The molecule has 1 saturated heterocycles. The Morgan fingerprint density at radius 1 is 1.15 bits per heavy atom. The third-order valence-corrected chi connectivity index (χ3v) is 5.22. The van der Waals surface area contributed by atoms with Crippen molar-refractivity contribution in [3.05, 3.63) is 0 Å². The van der Waals surface area contributed by atoms with Crippen molar-refractivity contribution in [2.24, 2.45) is 11.7 Å². The van der Waals surface area contributed by atoms with Gasteiger partial charge in [-0.25, -0.2) is 4.79 Å². The molecular weight excluding hydrogens is 250 g/mol. The van der Waals surface area contributed by atoms with E-state index < -0.39 is 0 Å². The molecule has 0 spiro atoms. The van der Waals surface area contributed by atoms with Crippen LogP contribution >= 0.6 is 0 Å². The van der Waals surface area contributed by atoms with E-state index in [1.807, 2.05) is 4.90 Å². The highest BCUT2D eigenvalue weighted by Gasteiger charge is 2.28. The van der Waals surface area contributed by atoms with Gasteiger partial charge in [0.05, 0.1) is 0 Å². The van der Waals surface area contributed by atoms with Crippen molar-refractivity contribution in [2.45, 2.75) is 76.3 Å². The molecule has 4 nitrogen and oxygen atoms in total. The Morgan fingerprint density at radius 3 is 2.50 bits per heavy atom. The molecule has 1 heterocycles. The van der Waals surface area contributed by atoms with Gasteiger partial charge in [0.15, 0.2) is 0 Å². The van der Waals surface area contributed by atoms with Crippen LogP contribution < -0.4 is 11.1 Å². The summed E-state index contributed by atoms with van der Waals surface area (Å²) in [6.07, 6.45) is 12.8. The van der Waals surface area contributed by atoms with Crippen LogP contribution in [0.1, 0.15) is 64.2 Å². The molecule has 2 aliphatic rings. The minimum Gasteiger partial charge on any atom is -0.351 e. The molecule has 1 saturated carbocycles.